The Labute approximate surface area is 167 Å². The molecule has 7 heteroatoms. The molecule has 0 aliphatic rings. The Bertz CT molecular complexity index is 626. The summed E-state index contributed by atoms with van der Waals surface area (Å²) in [5.41, 5.74) is 2.60. The molecular formula is C18H29IN6. The van der Waals surface area contributed by atoms with Crippen molar-refractivity contribution in [2.45, 2.75) is 46.2 Å². The van der Waals surface area contributed by atoms with Crippen molar-refractivity contribution in [2.24, 2.45) is 4.99 Å². The maximum absolute atomic E-state index is 4.68. The largest absolute Gasteiger partial charge is 0.357 e. The smallest absolute Gasteiger partial charge is 0.191 e. The molecule has 1 aromatic heterocycles. The van der Waals surface area contributed by atoms with Gasteiger partial charge >= 0.3 is 0 Å². The van der Waals surface area contributed by atoms with Crippen molar-refractivity contribution in [1.82, 2.24) is 25.4 Å². The van der Waals surface area contributed by atoms with E-state index in [9.17, 15) is 0 Å². The van der Waals surface area contributed by atoms with Gasteiger partial charge in [-0.2, -0.15) is 0 Å². The lowest BCUT2D eigenvalue weighted by Crippen LogP contribution is -2.39. The lowest BCUT2D eigenvalue weighted by molar-refractivity contribution is 0.609. The van der Waals surface area contributed by atoms with Crippen LogP contribution in [0.5, 0.6) is 0 Å². The standard InChI is InChI=1S/C18H28N6.HI/c1-4-19-18(20-11-7-8-12-24-13-21-22-14-24)23-16(3)17-10-6-5-9-15(17)2;/h5-6,9-10,13-14,16H,4,7-8,11-12H2,1-3H3,(H2,19,20,23);1H. The zero-order chi connectivity index (χ0) is 17.2. The quantitative estimate of drug-likeness (QED) is 0.277. The van der Waals surface area contributed by atoms with E-state index >= 15 is 0 Å². The van der Waals surface area contributed by atoms with Crippen LogP contribution < -0.4 is 10.6 Å². The van der Waals surface area contributed by atoms with Gasteiger partial charge in [-0.15, -0.1) is 34.2 Å². The Balaban J connectivity index is 0.00000312. The first-order valence-electron chi connectivity index (χ1n) is 8.63. The zero-order valence-corrected chi connectivity index (χ0v) is 17.6. The zero-order valence-electron chi connectivity index (χ0n) is 15.3. The van der Waals surface area contributed by atoms with Crippen LogP contribution in [0, 0.1) is 6.92 Å². The molecule has 2 aromatic rings. The normalized spacial score (nSPS) is 12.4. The summed E-state index contributed by atoms with van der Waals surface area (Å²) in [5, 5.41) is 14.4. The lowest BCUT2D eigenvalue weighted by atomic mass is 10.0. The Morgan fingerprint density at radius 1 is 1.20 bits per heavy atom. The average molecular weight is 456 g/mol. The first kappa shape index (κ1) is 21.4. The fourth-order valence-electron chi connectivity index (χ4n) is 2.61. The summed E-state index contributed by atoms with van der Waals surface area (Å²) in [6, 6.07) is 8.68. The summed E-state index contributed by atoms with van der Waals surface area (Å²) < 4.78 is 1.99. The van der Waals surface area contributed by atoms with Gasteiger partial charge < -0.3 is 15.2 Å². The molecule has 138 valence electrons. The van der Waals surface area contributed by atoms with Gasteiger partial charge in [0.1, 0.15) is 12.7 Å². The van der Waals surface area contributed by atoms with Gasteiger partial charge in [-0.05, 0) is 44.7 Å². The number of rotatable bonds is 8. The van der Waals surface area contributed by atoms with Crippen LogP contribution in [0.3, 0.4) is 0 Å². The highest BCUT2D eigenvalue weighted by Gasteiger charge is 2.09. The summed E-state index contributed by atoms with van der Waals surface area (Å²) in [6.07, 6.45) is 5.60. The summed E-state index contributed by atoms with van der Waals surface area (Å²) in [7, 11) is 0. The molecule has 0 amide bonds. The highest BCUT2D eigenvalue weighted by molar-refractivity contribution is 14.0. The van der Waals surface area contributed by atoms with Gasteiger partial charge in [-0.1, -0.05) is 24.3 Å². The van der Waals surface area contributed by atoms with Crippen LogP contribution in [0.1, 0.15) is 43.9 Å². The van der Waals surface area contributed by atoms with Crippen LogP contribution in [0.4, 0.5) is 0 Å². The molecule has 0 aliphatic carbocycles. The summed E-state index contributed by atoms with van der Waals surface area (Å²) in [4.78, 5) is 4.68. The number of halogens is 1. The highest BCUT2D eigenvalue weighted by atomic mass is 127. The number of aryl methyl sites for hydroxylation is 2. The number of aliphatic imine (C=N–C) groups is 1. The van der Waals surface area contributed by atoms with E-state index in [4.69, 9.17) is 0 Å². The molecule has 0 aliphatic heterocycles. The molecular weight excluding hydrogens is 427 g/mol. The van der Waals surface area contributed by atoms with Gasteiger partial charge in [0.05, 0.1) is 6.04 Å². The van der Waals surface area contributed by atoms with Crippen molar-refractivity contribution < 1.29 is 0 Å². The second kappa shape index (κ2) is 11.8. The van der Waals surface area contributed by atoms with Gasteiger partial charge in [0.15, 0.2) is 5.96 Å². The average Bonchev–Trinajstić information content (AvgIpc) is 3.08. The Morgan fingerprint density at radius 3 is 2.60 bits per heavy atom. The van der Waals surface area contributed by atoms with Gasteiger partial charge in [-0.25, -0.2) is 0 Å². The monoisotopic (exact) mass is 456 g/mol. The predicted octanol–water partition coefficient (Wildman–Crippen LogP) is 3.30. The minimum atomic E-state index is 0. The van der Waals surface area contributed by atoms with Crippen molar-refractivity contribution in [3.05, 3.63) is 48.0 Å². The van der Waals surface area contributed by atoms with Gasteiger partial charge in [0.25, 0.3) is 0 Å². The molecule has 0 radical (unpaired) electrons. The molecule has 0 spiro atoms. The second-order valence-corrected chi connectivity index (χ2v) is 5.89. The third kappa shape index (κ3) is 7.41. The van der Waals surface area contributed by atoms with Crippen molar-refractivity contribution in [2.75, 3.05) is 13.1 Å². The Hall–Kier alpha value is -1.64. The number of nitrogens with zero attached hydrogens (tertiary/aromatic N) is 4. The van der Waals surface area contributed by atoms with Crippen LogP contribution >= 0.6 is 24.0 Å². The molecule has 0 saturated carbocycles. The number of guanidine groups is 1. The van der Waals surface area contributed by atoms with Crippen molar-refractivity contribution in [3.8, 4) is 0 Å². The number of hydrogen-bond acceptors (Lipinski definition) is 3. The molecule has 2 rings (SSSR count). The number of hydrogen-bond donors (Lipinski definition) is 2. The SMILES string of the molecule is CCNC(=NCCCCn1cnnc1)NC(C)c1ccccc1C.I. The summed E-state index contributed by atoms with van der Waals surface area (Å²) >= 11 is 0. The van der Waals surface area contributed by atoms with Gasteiger partial charge in [0, 0.05) is 19.6 Å². The molecule has 25 heavy (non-hydrogen) atoms. The molecule has 0 saturated heterocycles. The van der Waals surface area contributed by atoms with E-state index in [1.165, 1.54) is 11.1 Å². The summed E-state index contributed by atoms with van der Waals surface area (Å²) in [5.74, 6) is 0.873. The first-order chi connectivity index (χ1) is 11.7. The van der Waals surface area contributed by atoms with Crippen LogP contribution in [-0.4, -0.2) is 33.8 Å². The number of unbranched alkanes of at least 4 members (excludes halogenated alkanes) is 1. The van der Waals surface area contributed by atoms with Crippen molar-refractivity contribution in [3.63, 3.8) is 0 Å². The van der Waals surface area contributed by atoms with Gasteiger partial charge in [-0.3, -0.25) is 4.99 Å². The third-order valence-corrected chi connectivity index (χ3v) is 3.91. The van der Waals surface area contributed by atoms with E-state index in [0.29, 0.717) is 0 Å². The van der Waals surface area contributed by atoms with E-state index in [2.05, 4.69) is 70.9 Å². The van der Waals surface area contributed by atoms with E-state index in [1.807, 2.05) is 4.57 Å². The fourth-order valence-corrected chi connectivity index (χ4v) is 2.61. The molecule has 1 aromatic carbocycles. The van der Waals surface area contributed by atoms with Crippen LogP contribution in [0.25, 0.3) is 0 Å². The molecule has 1 atom stereocenters. The Kier molecular flexibility index (Phi) is 10.1. The highest BCUT2D eigenvalue weighted by Crippen LogP contribution is 2.16. The number of benzene rings is 1. The number of aromatic nitrogens is 3. The molecule has 6 nitrogen and oxygen atoms in total. The molecule has 2 N–H and O–H groups in total. The maximum atomic E-state index is 4.68. The maximum Gasteiger partial charge on any atom is 0.191 e. The lowest BCUT2D eigenvalue weighted by Gasteiger charge is -2.19. The second-order valence-electron chi connectivity index (χ2n) is 5.89. The van der Waals surface area contributed by atoms with Crippen LogP contribution in [0.15, 0.2) is 41.9 Å². The molecule has 0 fully saturated rings. The molecule has 1 unspecified atom stereocenters. The van der Waals surface area contributed by atoms with Crippen molar-refractivity contribution >= 4 is 29.9 Å². The summed E-state index contributed by atoms with van der Waals surface area (Å²) in [6.45, 7) is 8.99. The predicted molar refractivity (Wildman–Crippen MR) is 113 cm³/mol. The minimum absolute atomic E-state index is 0. The third-order valence-electron chi connectivity index (χ3n) is 3.91. The minimum Gasteiger partial charge on any atom is -0.357 e. The Morgan fingerprint density at radius 2 is 1.92 bits per heavy atom. The van der Waals surface area contributed by atoms with Crippen LogP contribution in [-0.2, 0) is 6.54 Å². The number of nitrogens with one attached hydrogen (secondary N) is 2. The van der Waals surface area contributed by atoms with E-state index in [0.717, 1.165) is 38.4 Å². The van der Waals surface area contributed by atoms with Crippen molar-refractivity contribution in [1.29, 1.82) is 0 Å². The van der Waals surface area contributed by atoms with Gasteiger partial charge in [0.2, 0.25) is 0 Å². The van der Waals surface area contributed by atoms with E-state index in [-0.39, 0.29) is 30.0 Å². The van der Waals surface area contributed by atoms with E-state index in [1.54, 1.807) is 12.7 Å². The van der Waals surface area contributed by atoms with E-state index < -0.39 is 0 Å². The molecule has 0 bridgehead atoms. The first-order valence-corrected chi connectivity index (χ1v) is 8.63. The fraction of sp³-hybridized carbons (Fsp3) is 0.500. The molecule has 1 heterocycles. The topological polar surface area (TPSA) is 67.1 Å². The van der Waals surface area contributed by atoms with Crippen LogP contribution in [0.2, 0.25) is 0 Å².